The van der Waals surface area contributed by atoms with Crippen molar-refractivity contribution in [3.63, 3.8) is 0 Å². The molecular formula is C9H13O. The fraction of sp³-hybridized carbons (Fsp3) is 0.444. The van der Waals surface area contributed by atoms with Crippen LogP contribution in [0.4, 0.5) is 0 Å². The highest BCUT2D eigenvalue weighted by molar-refractivity contribution is 5.31. The van der Waals surface area contributed by atoms with E-state index in [4.69, 9.17) is 4.74 Å². The summed E-state index contributed by atoms with van der Waals surface area (Å²) in [5, 5.41) is 0. The van der Waals surface area contributed by atoms with Crippen LogP contribution in [0.3, 0.4) is 0 Å². The van der Waals surface area contributed by atoms with Gasteiger partial charge in [0.1, 0.15) is 5.76 Å². The molecule has 55 valence electrons. The first-order valence-corrected chi connectivity index (χ1v) is 3.65. The minimum Gasteiger partial charge on any atom is -0.500 e. The monoisotopic (exact) mass is 137 g/mol. The second-order valence-electron chi connectivity index (χ2n) is 2.29. The van der Waals surface area contributed by atoms with Gasteiger partial charge in [-0.15, -0.1) is 0 Å². The summed E-state index contributed by atoms with van der Waals surface area (Å²) in [6, 6.07) is 0. The van der Waals surface area contributed by atoms with Gasteiger partial charge in [0, 0.05) is 6.42 Å². The molecule has 10 heavy (non-hydrogen) atoms. The Balaban J connectivity index is 2.73. The zero-order valence-corrected chi connectivity index (χ0v) is 6.55. The Morgan fingerprint density at radius 3 is 2.90 bits per heavy atom. The maximum absolute atomic E-state index is 5.17. The standard InChI is InChI=1S/C9H13O/c1-3-8-6-4-5-7-9(8)10-2/h4,6-7H,3,5H2,1-2H3. The molecule has 0 amide bonds. The highest BCUT2D eigenvalue weighted by atomic mass is 16.5. The van der Waals surface area contributed by atoms with E-state index in [-0.39, 0.29) is 0 Å². The van der Waals surface area contributed by atoms with Crippen molar-refractivity contribution in [2.75, 3.05) is 7.11 Å². The Kier molecular flexibility index (Phi) is 2.55. The van der Waals surface area contributed by atoms with E-state index in [1.807, 2.05) is 0 Å². The lowest BCUT2D eigenvalue weighted by Crippen LogP contribution is -1.96. The summed E-state index contributed by atoms with van der Waals surface area (Å²) < 4.78 is 5.17. The molecule has 0 bridgehead atoms. The normalized spacial score (nSPS) is 17.8. The topological polar surface area (TPSA) is 9.23 Å². The Hall–Kier alpha value is -0.720. The third kappa shape index (κ3) is 1.41. The van der Waals surface area contributed by atoms with Gasteiger partial charge in [-0.3, -0.25) is 0 Å². The molecule has 0 atom stereocenters. The van der Waals surface area contributed by atoms with Crippen LogP contribution in [0, 0.1) is 6.42 Å². The molecule has 0 aromatic heterocycles. The van der Waals surface area contributed by atoms with Crippen molar-refractivity contribution in [3.8, 4) is 0 Å². The molecule has 0 saturated carbocycles. The summed E-state index contributed by atoms with van der Waals surface area (Å²) in [6.45, 7) is 2.14. The van der Waals surface area contributed by atoms with Gasteiger partial charge < -0.3 is 4.74 Å². The zero-order chi connectivity index (χ0) is 7.40. The Morgan fingerprint density at radius 2 is 2.40 bits per heavy atom. The van der Waals surface area contributed by atoms with Crippen LogP contribution in [0.5, 0.6) is 0 Å². The molecule has 0 aromatic rings. The van der Waals surface area contributed by atoms with Crippen LogP contribution in [0.2, 0.25) is 0 Å². The van der Waals surface area contributed by atoms with Crippen LogP contribution in [0.15, 0.2) is 23.5 Å². The molecule has 0 N–H and O–H groups in total. The quantitative estimate of drug-likeness (QED) is 0.568. The molecule has 1 aliphatic rings. The van der Waals surface area contributed by atoms with Crippen LogP contribution in [-0.2, 0) is 4.74 Å². The van der Waals surface area contributed by atoms with Crippen LogP contribution in [-0.4, -0.2) is 7.11 Å². The van der Waals surface area contributed by atoms with Gasteiger partial charge in [0.25, 0.3) is 0 Å². The average molecular weight is 137 g/mol. The maximum atomic E-state index is 5.17. The summed E-state index contributed by atoms with van der Waals surface area (Å²) in [7, 11) is 1.72. The third-order valence-electron chi connectivity index (χ3n) is 1.68. The maximum Gasteiger partial charge on any atom is 0.103 e. The van der Waals surface area contributed by atoms with Gasteiger partial charge in [-0.2, -0.15) is 0 Å². The van der Waals surface area contributed by atoms with E-state index in [1.54, 1.807) is 7.11 Å². The number of ether oxygens (including phenoxy) is 1. The summed E-state index contributed by atoms with van der Waals surface area (Å²) in [5.74, 6) is 1.05. The molecule has 0 fully saturated rings. The molecule has 1 nitrogen and oxygen atoms in total. The van der Waals surface area contributed by atoms with Crippen LogP contribution in [0.25, 0.3) is 0 Å². The van der Waals surface area contributed by atoms with Crippen LogP contribution >= 0.6 is 0 Å². The molecule has 1 heteroatoms. The van der Waals surface area contributed by atoms with Crippen LogP contribution < -0.4 is 0 Å². The fourth-order valence-electron chi connectivity index (χ4n) is 1.11. The highest BCUT2D eigenvalue weighted by Gasteiger charge is 2.05. The lowest BCUT2D eigenvalue weighted by molar-refractivity contribution is 0.292. The van der Waals surface area contributed by atoms with Crippen molar-refractivity contribution in [1.29, 1.82) is 0 Å². The first-order chi connectivity index (χ1) is 4.88. The van der Waals surface area contributed by atoms with E-state index in [0.29, 0.717) is 0 Å². The fourth-order valence-corrected chi connectivity index (χ4v) is 1.11. The number of allylic oxidation sites excluding steroid dienone is 4. The predicted octanol–water partition coefficient (Wildman–Crippen LogP) is 2.46. The van der Waals surface area contributed by atoms with Gasteiger partial charge in [0.05, 0.1) is 7.11 Å². The first-order valence-electron chi connectivity index (χ1n) is 3.65. The molecule has 0 heterocycles. The van der Waals surface area contributed by atoms with Gasteiger partial charge >= 0.3 is 0 Å². The molecule has 1 rings (SSSR count). The van der Waals surface area contributed by atoms with Crippen molar-refractivity contribution in [2.24, 2.45) is 0 Å². The van der Waals surface area contributed by atoms with Gasteiger partial charge in [-0.1, -0.05) is 19.1 Å². The van der Waals surface area contributed by atoms with E-state index in [2.05, 4.69) is 25.5 Å². The molecule has 1 aliphatic carbocycles. The van der Waals surface area contributed by atoms with E-state index in [9.17, 15) is 0 Å². The largest absolute Gasteiger partial charge is 0.500 e. The number of hydrogen-bond acceptors (Lipinski definition) is 1. The minimum atomic E-state index is 1.01. The Morgan fingerprint density at radius 1 is 1.60 bits per heavy atom. The van der Waals surface area contributed by atoms with Crippen molar-refractivity contribution >= 4 is 0 Å². The Bertz CT molecular complexity index is 166. The molecule has 1 radical (unpaired) electrons. The number of methoxy groups -OCH3 is 1. The summed E-state index contributed by atoms with van der Waals surface area (Å²) in [5.41, 5.74) is 1.30. The molecule has 0 aromatic carbocycles. The summed E-state index contributed by atoms with van der Waals surface area (Å²) in [6.07, 6.45) is 8.46. The first kappa shape index (κ1) is 7.39. The van der Waals surface area contributed by atoms with E-state index >= 15 is 0 Å². The lowest BCUT2D eigenvalue weighted by atomic mass is 10.0. The highest BCUT2D eigenvalue weighted by Crippen LogP contribution is 2.20. The van der Waals surface area contributed by atoms with E-state index < -0.39 is 0 Å². The minimum absolute atomic E-state index is 1.01. The lowest BCUT2D eigenvalue weighted by Gasteiger charge is -2.12. The van der Waals surface area contributed by atoms with Gasteiger partial charge in [0.15, 0.2) is 0 Å². The van der Waals surface area contributed by atoms with Crippen LogP contribution in [0.1, 0.15) is 19.8 Å². The molecule has 0 aliphatic heterocycles. The van der Waals surface area contributed by atoms with Gasteiger partial charge in [0.2, 0.25) is 0 Å². The number of hydrogen-bond donors (Lipinski definition) is 0. The smallest absolute Gasteiger partial charge is 0.103 e. The summed E-state index contributed by atoms with van der Waals surface area (Å²) >= 11 is 0. The second-order valence-corrected chi connectivity index (χ2v) is 2.29. The van der Waals surface area contributed by atoms with Crippen molar-refractivity contribution < 1.29 is 4.74 Å². The van der Waals surface area contributed by atoms with Crippen molar-refractivity contribution in [2.45, 2.75) is 19.8 Å². The molecule has 0 unspecified atom stereocenters. The molecule has 0 spiro atoms. The second kappa shape index (κ2) is 3.45. The van der Waals surface area contributed by atoms with Gasteiger partial charge in [-0.05, 0) is 18.4 Å². The van der Waals surface area contributed by atoms with Crippen molar-refractivity contribution in [3.05, 3.63) is 29.9 Å². The SMILES string of the molecule is CCC1=C(OC)[CH]CC=C1. The average Bonchev–Trinajstić information content (AvgIpc) is 2.04. The zero-order valence-electron chi connectivity index (χ0n) is 6.55. The third-order valence-corrected chi connectivity index (χ3v) is 1.68. The number of rotatable bonds is 2. The Labute approximate surface area is 62.4 Å². The summed E-state index contributed by atoms with van der Waals surface area (Å²) in [4.78, 5) is 0. The molecule has 0 saturated heterocycles. The van der Waals surface area contributed by atoms with E-state index in [1.165, 1.54) is 5.57 Å². The predicted molar refractivity (Wildman–Crippen MR) is 42.4 cm³/mol. The van der Waals surface area contributed by atoms with E-state index in [0.717, 1.165) is 18.6 Å². The van der Waals surface area contributed by atoms with Crippen molar-refractivity contribution in [1.82, 2.24) is 0 Å². The van der Waals surface area contributed by atoms with Gasteiger partial charge in [-0.25, -0.2) is 0 Å². The molecular weight excluding hydrogens is 124 g/mol.